The van der Waals surface area contributed by atoms with Crippen LogP contribution in [0.4, 0.5) is 4.39 Å². The molecule has 1 aromatic heterocycles. The standard InChI is InChI=1S/C10H8ClFN2O/c11-5-3-8-7(4-6(5)12)13-10-9(15)1-2-14(8)10/h3-4,9,15H,1-2H2. The van der Waals surface area contributed by atoms with Crippen molar-refractivity contribution in [2.24, 2.45) is 0 Å². The average Bonchev–Trinajstić information content (AvgIpc) is 2.70. The van der Waals surface area contributed by atoms with Crippen LogP contribution in [0.3, 0.4) is 0 Å². The molecular formula is C10H8ClFN2O. The van der Waals surface area contributed by atoms with Gasteiger partial charge in [-0.25, -0.2) is 9.37 Å². The Kier molecular flexibility index (Phi) is 1.78. The van der Waals surface area contributed by atoms with Crippen LogP contribution in [0, 0.1) is 5.82 Å². The van der Waals surface area contributed by atoms with E-state index >= 15 is 0 Å². The second-order valence-electron chi connectivity index (χ2n) is 3.68. The Morgan fingerprint density at radius 1 is 1.53 bits per heavy atom. The van der Waals surface area contributed by atoms with Gasteiger partial charge in [0.25, 0.3) is 0 Å². The van der Waals surface area contributed by atoms with E-state index in [0.717, 1.165) is 5.52 Å². The molecule has 1 unspecified atom stereocenters. The van der Waals surface area contributed by atoms with Crippen LogP contribution >= 0.6 is 11.6 Å². The lowest BCUT2D eigenvalue weighted by molar-refractivity contribution is 0.176. The number of hydrogen-bond donors (Lipinski definition) is 1. The number of benzene rings is 1. The number of hydrogen-bond acceptors (Lipinski definition) is 2. The molecule has 0 spiro atoms. The van der Waals surface area contributed by atoms with Crippen molar-refractivity contribution in [3.05, 3.63) is 28.8 Å². The van der Waals surface area contributed by atoms with Crippen molar-refractivity contribution in [1.29, 1.82) is 0 Å². The predicted molar refractivity (Wildman–Crippen MR) is 54.3 cm³/mol. The third-order valence-electron chi connectivity index (χ3n) is 2.74. The van der Waals surface area contributed by atoms with Crippen LogP contribution < -0.4 is 0 Å². The second kappa shape index (κ2) is 2.93. The van der Waals surface area contributed by atoms with Crippen molar-refractivity contribution in [3.63, 3.8) is 0 Å². The van der Waals surface area contributed by atoms with E-state index < -0.39 is 11.9 Å². The molecule has 1 atom stereocenters. The quantitative estimate of drug-likeness (QED) is 0.748. The van der Waals surface area contributed by atoms with Crippen LogP contribution in [0.5, 0.6) is 0 Å². The first-order valence-electron chi connectivity index (χ1n) is 4.70. The SMILES string of the molecule is OC1CCn2c1nc1cc(F)c(Cl)cc12. The Hall–Kier alpha value is -1.13. The maximum absolute atomic E-state index is 13.2. The van der Waals surface area contributed by atoms with E-state index in [1.54, 1.807) is 6.07 Å². The third-order valence-corrected chi connectivity index (χ3v) is 3.03. The van der Waals surface area contributed by atoms with Crippen molar-refractivity contribution in [2.75, 3.05) is 0 Å². The van der Waals surface area contributed by atoms with Gasteiger partial charge in [-0.15, -0.1) is 0 Å². The average molecular weight is 227 g/mol. The highest BCUT2D eigenvalue weighted by Gasteiger charge is 2.24. The number of nitrogens with zero attached hydrogens (tertiary/aromatic N) is 2. The molecule has 3 rings (SSSR count). The first kappa shape index (κ1) is 9.12. The number of fused-ring (bicyclic) bond motifs is 3. The van der Waals surface area contributed by atoms with Gasteiger partial charge in [0.15, 0.2) is 0 Å². The molecule has 3 nitrogen and oxygen atoms in total. The minimum absolute atomic E-state index is 0.0894. The largest absolute Gasteiger partial charge is 0.385 e. The van der Waals surface area contributed by atoms with Gasteiger partial charge in [-0.3, -0.25) is 0 Å². The van der Waals surface area contributed by atoms with E-state index in [9.17, 15) is 9.50 Å². The molecule has 15 heavy (non-hydrogen) atoms. The van der Waals surface area contributed by atoms with E-state index in [4.69, 9.17) is 11.6 Å². The number of aliphatic hydroxyl groups is 1. The highest BCUT2D eigenvalue weighted by atomic mass is 35.5. The van der Waals surface area contributed by atoms with Gasteiger partial charge in [-0.2, -0.15) is 0 Å². The molecule has 0 saturated carbocycles. The summed E-state index contributed by atoms with van der Waals surface area (Å²) >= 11 is 5.70. The van der Waals surface area contributed by atoms with E-state index in [2.05, 4.69) is 4.98 Å². The van der Waals surface area contributed by atoms with Gasteiger partial charge in [0, 0.05) is 12.6 Å². The Morgan fingerprint density at radius 3 is 3.13 bits per heavy atom. The monoisotopic (exact) mass is 226 g/mol. The lowest BCUT2D eigenvalue weighted by Gasteiger charge is -1.98. The molecule has 0 aliphatic carbocycles. The highest BCUT2D eigenvalue weighted by Crippen LogP contribution is 2.31. The minimum atomic E-state index is -0.542. The van der Waals surface area contributed by atoms with Crippen LogP contribution in [0.15, 0.2) is 12.1 Å². The number of aromatic nitrogens is 2. The maximum atomic E-state index is 13.2. The van der Waals surface area contributed by atoms with Crippen molar-refractivity contribution in [3.8, 4) is 0 Å². The molecule has 0 radical (unpaired) electrons. The number of aliphatic hydroxyl groups excluding tert-OH is 1. The summed E-state index contributed by atoms with van der Waals surface area (Å²) in [5.74, 6) is 0.127. The van der Waals surface area contributed by atoms with Gasteiger partial charge in [-0.1, -0.05) is 11.6 Å². The Labute approximate surface area is 90.1 Å². The number of imidazole rings is 1. The summed E-state index contributed by atoms with van der Waals surface area (Å²) in [5.41, 5.74) is 1.33. The van der Waals surface area contributed by atoms with Gasteiger partial charge in [0.05, 0.1) is 16.1 Å². The smallest absolute Gasteiger partial charge is 0.144 e. The van der Waals surface area contributed by atoms with Gasteiger partial charge in [-0.05, 0) is 12.5 Å². The van der Waals surface area contributed by atoms with Crippen molar-refractivity contribution >= 4 is 22.6 Å². The molecule has 0 saturated heterocycles. The first-order chi connectivity index (χ1) is 7.16. The minimum Gasteiger partial charge on any atom is -0.385 e. The van der Waals surface area contributed by atoms with Crippen molar-refractivity contribution < 1.29 is 9.50 Å². The van der Waals surface area contributed by atoms with E-state index in [1.165, 1.54) is 6.07 Å². The zero-order chi connectivity index (χ0) is 10.6. The molecular weight excluding hydrogens is 219 g/mol. The maximum Gasteiger partial charge on any atom is 0.144 e. The van der Waals surface area contributed by atoms with Gasteiger partial charge < -0.3 is 9.67 Å². The van der Waals surface area contributed by atoms with Crippen molar-refractivity contribution in [2.45, 2.75) is 19.1 Å². The molecule has 0 fully saturated rings. The van der Waals surface area contributed by atoms with Crippen LogP contribution in [0.25, 0.3) is 11.0 Å². The molecule has 0 amide bonds. The fraction of sp³-hybridized carbons (Fsp3) is 0.300. The van der Waals surface area contributed by atoms with Gasteiger partial charge >= 0.3 is 0 Å². The molecule has 1 N–H and O–H groups in total. The van der Waals surface area contributed by atoms with Crippen molar-refractivity contribution in [1.82, 2.24) is 9.55 Å². The molecule has 0 bridgehead atoms. The summed E-state index contributed by atoms with van der Waals surface area (Å²) in [6.07, 6.45) is 0.118. The molecule has 2 heterocycles. The Balaban J connectivity index is 2.35. The summed E-state index contributed by atoms with van der Waals surface area (Å²) in [5, 5.41) is 9.70. The lowest BCUT2D eigenvalue weighted by Crippen LogP contribution is -1.93. The topological polar surface area (TPSA) is 38.0 Å². The number of rotatable bonds is 0. The van der Waals surface area contributed by atoms with E-state index in [-0.39, 0.29) is 5.02 Å². The molecule has 1 aromatic carbocycles. The summed E-state index contributed by atoms with van der Waals surface area (Å²) in [6, 6.07) is 2.86. The van der Waals surface area contributed by atoms with Gasteiger partial charge in [0.2, 0.25) is 0 Å². The zero-order valence-electron chi connectivity index (χ0n) is 7.74. The normalized spacial score (nSPS) is 19.8. The molecule has 1 aliphatic heterocycles. The van der Waals surface area contributed by atoms with Crippen LogP contribution in [-0.4, -0.2) is 14.7 Å². The summed E-state index contributed by atoms with van der Waals surface area (Å²) in [7, 11) is 0. The number of halogens is 2. The summed E-state index contributed by atoms with van der Waals surface area (Å²) < 4.78 is 15.0. The summed E-state index contributed by atoms with van der Waals surface area (Å²) in [6.45, 7) is 0.703. The zero-order valence-corrected chi connectivity index (χ0v) is 8.50. The lowest BCUT2D eigenvalue weighted by atomic mass is 10.3. The fourth-order valence-corrected chi connectivity index (χ4v) is 2.17. The van der Waals surface area contributed by atoms with Crippen LogP contribution in [0.2, 0.25) is 5.02 Å². The molecule has 2 aromatic rings. The molecule has 5 heteroatoms. The van der Waals surface area contributed by atoms with E-state index in [0.29, 0.717) is 24.3 Å². The van der Waals surface area contributed by atoms with Crippen LogP contribution in [-0.2, 0) is 6.54 Å². The van der Waals surface area contributed by atoms with E-state index in [1.807, 2.05) is 4.57 Å². The fourth-order valence-electron chi connectivity index (χ4n) is 2.01. The first-order valence-corrected chi connectivity index (χ1v) is 5.08. The third kappa shape index (κ3) is 1.18. The summed E-state index contributed by atoms with van der Waals surface area (Å²) in [4.78, 5) is 4.19. The number of aryl methyl sites for hydroxylation is 1. The Bertz CT molecular complexity index is 552. The molecule has 78 valence electrons. The second-order valence-corrected chi connectivity index (χ2v) is 4.09. The molecule has 1 aliphatic rings. The van der Waals surface area contributed by atoms with Crippen LogP contribution in [0.1, 0.15) is 18.3 Å². The highest BCUT2D eigenvalue weighted by molar-refractivity contribution is 6.31. The predicted octanol–water partition coefficient (Wildman–Crippen LogP) is 2.27. The van der Waals surface area contributed by atoms with Gasteiger partial charge in [0.1, 0.15) is 17.7 Å². The Morgan fingerprint density at radius 2 is 2.33 bits per heavy atom.